The van der Waals surface area contributed by atoms with Crippen LogP contribution in [0.4, 0.5) is 10.1 Å². The molecule has 2 heterocycles. The van der Waals surface area contributed by atoms with Gasteiger partial charge < -0.3 is 10.2 Å². The largest absolute Gasteiger partial charge is 0.367 e. The van der Waals surface area contributed by atoms with Crippen molar-refractivity contribution in [3.8, 4) is 0 Å². The van der Waals surface area contributed by atoms with Crippen LogP contribution < -0.4 is 10.2 Å². The van der Waals surface area contributed by atoms with Crippen LogP contribution in [0.25, 0.3) is 0 Å². The highest BCUT2D eigenvalue weighted by Gasteiger charge is 2.36. The molecule has 0 radical (unpaired) electrons. The predicted molar refractivity (Wildman–Crippen MR) is 91.0 cm³/mol. The van der Waals surface area contributed by atoms with Crippen molar-refractivity contribution >= 4 is 21.4 Å². The van der Waals surface area contributed by atoms with Crippen LogP contribution in [0.15, 0.2) is 18.5 Å². The molecule has 1 amide bonds. The molecule has 0 spiro atoms. The highest BCUT2D eigenvalue weighted by molar-refractivity contribution is 7.90. The van der Waals surface area contributed by atoms with E-state index in [2.05, 4.69) is 24.1 Å². The maximum atomic E-state index is 14.0. The quantitative estimate of drug-likeness (QED) is 0.828. The lowest BCUT2D eigenvalue weighted by Gasteiger charge is -2.22. The van der Waals surface area contributed by atoms with Crippen molar-refractivity contribution in [3.63, 3.8) is 0 Å². The maximum absolute atomic E-state index is 14.0. The van der Waals surface area contributed by atoms with Crippen molar-refractivity contribution in [3.05, 3.63) is 24.3 Å². The molecule has 8 heteroatoms. The number of anilines is 1. The first kappa shape index (κ1) is 18.6. The predicted octanol–water partition coefficient (Wildman–Crippen LogP) is 1.23. The molecular weight excluding hydrogens is 333 g/mol. The Morgan fingerprint density at radius 1 is 1.46 bits per heavy atom. The number of halogens is 1. The highest BCUT2D eigenvalue weighted by atomic mass is 32.2. The van der Waals surface area contributed by atoms with Gasteiger partial charge in [0.05, 0.1) is 23.7 Å². The van der Waals surface area contributed by atoms with E-state index < -0.39 is 9.84 Å². The molecular formula is C16H24FN3O3S. The van der Waals surface area contributed by atoms with Crippen LogP contribution in [0.3, 0.4) is 0 Å². The number of rotatable bonds is 6. The molecule has 0 aromatic carbocycles. The molecule has 6 nitrogen and oxygen atoms in total. The molecule has 0 saturated carbocycles. The number of nitrogens with one attached hydrogen (secondary N) is 1. The number of aromatic nitrogens is 1. The molecule has 1 aliphatic heterocycles. The first-order valence-electron chi connectivity index (χ1n) is 7.99. The van der Waals surface area contributed by atoms with E-state index in [1.165, 1.54) is 6.20 Å². The van der Waals surface area contributed by atoms with E-state index in [0.29, 0.717) is 24.7 Å². The fraction of sp³-hybridized carbons (Fsp3) is 0.625. The number of pyridine rings is 1. The smallest absolute Gasteiger partial charge is 0.221 e. The Hall–Kier alpha value is -1.70. The van der Waals surface area contributed by atoms with E-state index in [9.17, 15) is 17.6 Å². The van der Waals surface area contributed by atoms with Gasteiger partial charge in [-0.05, 0) is 12.0 Å². The summed E-state index contributed by atoms with van der Waals surface area (Å²) in [6, 6.07) is 1.49. The molecule has 24 heavy (non-hydrogen) atoms. The Morgan fingerprint density at radius 2 is 2.17 bits per heavy atom. The minimum atomic E-state index is -3.17. The van der Waals surface area contributed by atoms with Crippen LogP contribution in [-0.4, -0.2) is 50.4 Å². The SMILES string of the molecule is CC(C)[C@@H]1CN(c2ccncc2F)C[C@H]1NC(=O)CCS(C)(=O)=O. The summed E-state index contributed by atoms with van der Waals surface area (Å²) < 4.78 is 36.3. The monoisotopic (exact) mass is 357 g/mol. The van der Waals surface area contributed by atoms with E-state index in [0.717, 1.165) is 6.26 Å². The van der Waals surface area contributed by atoms with Crippen LogP contribution in [0.1, 0.15) is 20.3 Å². The van der Waals surface area contributed by atoms with E-state index in [4.69, 9.17) is 0 Å². The zero-order valence-corrected chi connectivity index (χ0v) is 15.0. The fourth-order valence-electron chi connectivity index (χ4n) is 3.04. The number of carbonyl (C=O) groups excluding carboxylic acids is 1. The van der Waals surface area contributed by atoms with Gasteiger partial charge in [-0.1, -0.05) is 13.8 Å². The summed E-state index contributed by atoms with van der Waals surface area (Å²) in [6.07, 6.45) is 3.78. The Morgan fingerprint density at radius 3 is 2.75 bits per heavy atom. The van der Waals surface area contributed by atoms with Crippen LogP contribution in [0.5, 0.6) is 0 Å². The van der Waals surface area contributed by atoms with Crippen molar-refractivity contribution in [2.24, 2.45) is 11.8 Å². The molecule has 0 unspecified atom stereocenters. The molecule has 0 bridgehead atoms. The van der Waals surface area contributed by atoms with Crippen molar-refractivity contribution < 1.29 is 17.6 Å². The second-order valence-electron chi connectivity index (χ2n) is 6.69. The zero-order chi connectivity index (χ0) is 17.9. The third kappa shape index (κ3) is 4.90. The number of nitrogens with zero attached hydrogens (tertiary/aromatic N) is 2. The molecule has 1 fully saturated rings. The van der Waals surface area contributed by atoms with Crippen molar-refractivity contribution in [2.75, 3.05) is 30.0 Å². The molecule has 1 aromatic heterocycles. The number of carbonyl (C=O) groups is 1. The summed E-state index contributed by atoms with van der Waals surface area (Å²) in [5.41, 5.74) is 0.475. The first-order valence-corrected chi connectivity index (χ1v) is 10.0. The van der Waals surface area contributed by atoms with Gasteiger partial charge in [-0.2, -0.15) is 0 Å². The number of hydrogen-bond acceptors (Lipinski definition) is 5. The lowest BCUT2D eigenvalue weighted by Crippen LogP contribution is -2.42. The minimum absolute atomic E-state index is 0.0518. The average Bonchev–Trinajstić information content (AvgIpc) is 2.89. The van der Waals surface area contributed by atoms with E-state index in [1.54, 1.807) is 12.3 Å². The molecule has 1 aliphatic rings. The fourth-order valence-corrected chi connectivity index (χ4v) is 3.59. The Balaban J connectivity index is 2.05. The highest BCUT2D eigenvalue weighted by Crippen LogP contribution is 2.30. The third-order valence-electron chi connectivity index (χ3n) is 4.36. The summed E-state index contributed by atoms with van der Waals surface area (Å²) >= 11 is 0. The third-order valence-corrected chi connectivity index (χ3v) is 5.31. The summed E-state index contributed by atoms with van der Waals surface area (Å²) in [7, 11) is -3.17. The van der Waals surface area contributed by atoms with Gasteiger partial charge in [0.2, 0.25) is 5.91 Å². The average molecular weight is 357 g/mol. The Labute approximate surface area is 142 Å². The van der Waals surface area contributed by atoms with Gasteiger partial charge >= 0.3 is 0 Å². The van der Waals surface area contributed by atoms with Crippen LogP contribution in [0, 0.1) is 17.7 Å². The van der Waals surface area contributed by atoms with Gasteiger partial charge in [0, 0.05) is 37.9 Å². The van der Waals surface area contributed by atoms with Crippen molar-refractivity contribution in [1.29, 1.82) is 0 Å². The van der Waals surface area contributed by atoms with Crippen LogP contribution in [0.2, 0.25) is 0 Å². The first-order chi connectivity index (χ1) is 11.2. The van der Waals surface area contributed by atoms with Crippen molar-refractivity contribution in [2.45, 2.75) is 26.3 Å². The molecule has 1 saturated heterocycles. The Bertz CT molecular complexity index is 694. The van der Waals surface area contributed by atoms with Gasteiger partial charge in [0.15, 0.2) is 5.82 Å². The topological polar surface area (TPSA) is 79.4 Å². The molecule has 2 atom stereocenters. The number of hydrogen-bond donors (Lipinski definition) is 1. The Kier molecular flexibility index (Phi) is 5.79. The summed E-state index contributed by atoms with van der Waals surface area (Å²) in [5, 5.41) is 2.92. The second kappa shape index (κ2) is 7.46. The molecule has 0 aliphatic carbocycles. The lowest BCUT2D eigenvalue weighted by molar-refractivity contribution is -0.121. The van der Waals surface area contributed by atoms with Gasteiger partial charge in [-0.15, -0.1) is 0 Å². The summed E-state index contributed by atoms with van der Waals surface area (Å²) in [6.45, 7) is 5.25. The zero-order valence-electron chi connectivity index (χ0n) is 14.2. The minimum Gasteiger partial charge on any atom is -0.367 e. The number of amides is 1. The van der Waals surface area contributed by atoms with Crippen LogP contribution in [-0.2, 0) is 14.6 Å². The van der Waals surface area contributed by atoms with Crippen molar-refractivity contribution in [1.82, 2.24) is 10.3 Å². The van der Waals surface area contributed by atoms with Gasteiger partial charge in [-0.25, -0.2) is 12.8 Å². The van der Waals surface area contributed by atoms with E-state index in [1.807, 2.05) is 4.90 Å². The molecule has 134 valence electrons. The van der Waals surface area contributed by atoms with E-state index in [-0.39, 0.29) is 35.9 Å². The maximum Gasteiger partial charge on any atom is 0.221 e. The second-order valence-corrected chi connectivity index (χ2v) is 8.95. The summed E-state index contributed by atoms with van der Waals surface area (Å²) in [4.78, 5) is 17.7. The van der Waals surface area contributed by atoms with Gasteiger partial charge in [0.25, 0.3) is 0 Å². The molecule has 1 N–H and O–H groups in total. The molecule has 1 aromatic rings. The normalized spacial score (nSPS) is 21.3. The lowest BCUT2D eigenvalue weighted by atomic mass is 9.91. The van der Waals surface area contributed by atoms with Gasteiger partial charge in [-0.3, -0.25) is 9.78 Å². The molecule has 2 rings (SSSR count). The van der Waals surface area contributed by atoms with E-state index >= 15 is 0 Å². The summed E-state index contributed by atoms with van der Waals surface area (Å²) in [5.74, 6) is -0.363. The number of sulfone groups is 1. The van der Waals surface area contributed by atoms with Crippen LogP contribution >= 0.6 is 0 Å². The standard InChI is InChI=1S/C16H24FN3O3S/c1-11(2)12-9-20(15-4-6-18-8-13(15)17)10-14(12)19-16(21)5-7-24(3,22)23/h4,6,8,11-12,14H,5,7,9-10H2,1-3H3,(H,19,21)/t12-,14+/m0/s1. The van der Waals surface area contributed by atoms with Gasteiger partial charge in [0.1, 0.15) is 9.84 Å².